The molecule has 6 aromatic rings. The second-order valence-electron chi connectivity index (χ2n) is 8.86. The summed E-state index contributed by atoms with van der Waals surface area (Å²) in [7, 11) is -0.415. The van der Waals surface area contributed by atoms with Gasteiger partial charge in [-0.05, 0) is 72.8 Å². The van der Waals surface area contributed by atoms with Crippen LogP contribution in [0, 0.1) is 0 Å². The molecule has 188 valence electrons. The Labute approximate surface area is 241 Å². The van der Waals surface area contributed by atoms with E-state index in [1.165, 1.54) is 39.2 Å². The number of rotatable bonds is 8. The fraction of sp³-hybridized carbons (Fsp3) is 0. The van der Waals surface area contributed by atoms with Gasteiger partial charge in [-0.25, -0.2) is 0 Å². The third-order valence-electron chi connectivity index (χ3n) is 6.27. The van der Waals surface area contributed by atoms with Crippen molar-refractivity contribution in [2.24, 2.45) is 0 Å². The standard InChI is InChI=1S/C36H28S3/c1-5-17-29(18-6-1)38(30-19-7-2-8-20-30)35-27-15-13-25-33(35)37-34-26-14-16-28-36(34)39(31-21-9-3-10-22-31)32-23-11-4-12-24-32/h1-28H/q+2. The highest BCUT2D eigenvalue weighted by atomic mass is 32.2. The van der Waals surface area contributed by atoms with E-state index in [4.69, 9.17) is 0 Å². The Balaban J connectivity index is 1.46. The molecule has 0 unspecified atom stereocenters. The van der Waals surface area contributed by atoms with Gasteiger partial charge in [0.1, 0.15) is 21.8 Å². The first kappa shape index (κ1) is 25.6. The van der Waals surface area contributed by atoms with Gasteiger partial charge in [-0.3, -0.25) is 0 Å². The van der Waals surface area contributed by atoms with Crippen molar-refractivity contribution in [2.75, 3.05) is 0 Å². The zero-order valence-corrected chi connectivity index (χ0v) is 23.8. The van der Waals surface area contributed by atoms with Gasteiger partial charge in [0.05, 0.1) is 9.79 Å². The number of hydrogen-bond acceptors (Lipinski definition) is 1. The van der Waals surface area contributed by atoms with Crippen LogP contribution in [-0.4, -0.2) is 0 Å². The monoisotopic (exact) mass is 556 g/mol. The van der Waals surface area contributed by atoms with Crippen LogP contribution in [0.25, 0.3) is 0 Å². The molecule has 6 rings (SSSR count). The van der Waals surface area contributed by atoms with E-state index in [9.17, 15) is 0 Å². The van der Waals surface area contributed by atoms with Gasteiger partial charge >= 0.3 is 0 Å². The molecule has 0 aliphatic carbocycles. The summed E-state index contributed by atoms with van der Waals surface area (Å²) in [5.74, 6) is 0. The van der Waals surface area contributed by atoms with Crippen molar-refractivity contribution in [2.45, 2.75) is 39.2 Å². The average molecular weight is 557 g/mol. The first-order valence-corrected chi connectivity index (χ1v) is 16.2. The van der Waals surface area contributed by atoms with E-state index < -0.39 is 0 Å². The summed E-state index contributed by atoms with van der Waals surface area (Å²) >= 11 is 1.89. The van der Waals surface area contributed by atoms with E-state index in [1.807, 2.05) is 11.8 Å². The fourth-order valence-electron chi connectivity index (χ4n) is 4.53. The summed E-state index contributed by atoms with van der Waals surface area (Å²) in [5.41, 5.74) is 0. The number of hydrogen-bond donors (Lipinski definition) is 0. The van der Waals surface area contributed by atoms with Crippen molar-refractivity contribution >= 4 is 33.6 Å². The summed E-state index contributed by atoms with van der Waals surface area (Å²) < 4.78 is 0. The summed E-state index contributed by atoms with van der Waals surface area (Å²) in [6, 6.07) is 61.5. The van der Waals surface area contributed by atoms with E-state index in [0.29, 0.717) is 0 Å². The summed E-state index contributed by atoms with van der Waals surface area (Å²) in [6.07, 6.45) is 0. The molecule has 0 amide bonds. The van der Waals surface area contributed by atoms with Gasteiger partial charge in [0, 0.05) is 0 Å². The maximum atomic E-state index is 2.31. The Bertz CT molecular complexity index is 1410. The molecule has 0 N–H and O–H groups in total. The molecule has 0 aliphatic rings. The van der Waals surface area contributed by atoms with Gasteiger partial charge < -0.3 is 0 Å². The van der Waals surface area contributed by atoms with Crippen molar-refractivity contribution in [1.82, 2.24) is 0 Å². The zero-order chi connectivity index (χ0) is 26.3. The minimum atomic E-state index is -0.208. The van der Waals surface area contributed by atoms with Crippen LogP contribution in [0.5, 0.6) is 0 Å². The largest absolute Gasteiger partial charge is 0.180 e. The molecule has 0 atom stereocenters. The first-order valence-electron chi connectivity index (χ1n) is 12.9. The molecule has 0 radical (unpaired) electrons. The molecular formula is C36H28S3+2. The highest BCUT2D eigenvalue weighted by molar-refractivity contribution is 8.02. The molecular weight excluding hydrogens is 529 g/mol. The van der Waals surface area contributed by atoms with E-state index in [-0.39, 0.29) is 21.8 Å². The second kappa shape index (κ2) is 12.5. The lowest BCUT2D eigenvalue weighted by atomic mass is 10.3. The zero-order valence-electron chi connectivity index (χ0n) is 21.4. The Morgan fingerprint density at radius 1 is 0.282 bits per heavy atom. The molecule has 0 fully saturated rings. The molecule has 3 heteroatoms. The lowest BCUT2D eigenvalue weighted by molar-refractivity contribution is 1.17. The lowest BCUT2D eigenvalue weighted by Crippen LogP contribution is -2.07. The van der Waals surface area contributed by atoms with Crippen LogP contribution < -0.4 is 0 Å². The molecule has 0 heterocycles. The van der Waals surface area contributed by atoms with Crippen LogP contribution in [0.1, 0.15) is 0 Å². The molecule has 0 bridgehead atoms. The van der Waals surface area contributed by atoms with Crippen LogP contribution in [0.2, 0.25) is 0 Å². The lowest BCUT2D eigenvalue weighted by Gasteiger charge is -2.14. The molecule has 0 aromatic heterocycles. The summed E-state index contributed by atoms with van der Waals surface area (Å²) in [6.45, 7) is 0. The molecule has 0 aliphatic heterocycles. The van der Waals surface area contributed by atoms with Crippen molar-refractivity contribution in [3.63, 3.8) is 0 Å². The van der Waals surface area contributed by atoms with Crippen molar-refractivity contribution in [1.29, 1.82) is 0 Å². The van der Waals surface area contributed by atoms with E-state index in [1.54, 1.807) is 0 Å². The third-order valence-corrected chi connectivity index (χ3v) is 12.2. The van der Waals surface area contributed by atoms with Gasteiger partial charge in [-0.15, -0.1) is 0 Å². The Morgan fingerprint density at radius 3 is 0.846 bits per heavy atom. The predicted octanol–water partition coefficient (Wildman–Crippen LogP) is 10.0. The van der Waals surface area contributed by atoms with Crippen LogP contribution in [-0.2, 0) is 21.8 Å². The van der Waals surface area contributed by atoms with Gasteiger partial charge in [0.15, 0.2) is 29.4 Å². The van der Waals surface area contributed by atoms with E-state index in [0.717, 1.165) is 0 Å². The van der Waals surface area contributed by atoms with Crippen LogP contribution in [0.3, 0.4) is 0 Å². The summed E-state index contributed by atoms with van der Waals surface area (Å²) in [5, 5.41) is 0. The highest BCUT2D eigenvalue weighted by Crippen LogP contribution is 2.43. The van der Waals surface area contributed by atoms with E-state index >= 15 is 0 Å². The van der Waals surface area contributed by atoms with Crippen molar-refractivity contribution in [3.05, 3.63) is 170 Å². The van der Waals surface area contributed by atoms with Crippen LogP contribution >= 0.6 is 11.8 Å². The maximum Gasteiger partial charge on any atom is 0.180 e. The van der Waals surface area contributed by atoms with Crippen molar-refractivity contribution < 1.29 is 0 Å². The average Bonchev–Trinajstić information content (AvgIpc) is 3.01. The number of benzene rings is 6. The van der Waals surface area contributed by atoms with Crippen LogP contribution in [0.15, 0.2) is 209 Å². The fourth-order valence-corrected chi connectivity index (χ4v) is 10.4. The van der Waals surface area contributed by atoms with E-state index in [2.05, 4.69) is 170 Å². The molecule has 0 spiro atoms. The van der Waals surface area contributed by atoms with Gasteiger partial charge in [0.2, 0.25) is 0 Å². The van der Waals surface area contributed by atoms with Gasteiger partial charge in [-0.2, -0.15) is 0 Å². The normalized spacial score (nSPS) is 11.1. The van der Waals surface area contributed by atoms with Crippen molar-refractivity contribution in [3.8, 4) is 0 Å². The van der Waals surface area contributed by atoms with Gasteiger partial charge in [-0.1, -0.05) is 109 Å². The Hall–Kier alpha value is -3.63. The molecule has 6 aromatic carbocycles. The molecule has 0 saturated carbocycles. The third kappa shape index (κ3) is 5.86. The minimum Gasteiger partial charge on any atom is -0.0795 e. The predicted molar refractivity (Wildman–Crippen MR) is 167 cm³/mol. The Morgan fingerprint density at radius 2 is 0.538 bits per heavy atom. The molecule has 0 nitrogen and oxygen atoms in total. The Kier molecular flexibility index (Phi) is 8.21. The molecule has 0 saturated heterocycles. The maximum absolute atomic E-state index is 2.31. The van der Waals surface area contributed by atoms with Crippen LogP contribution in [0.4, 0.5) is 0 Å². The molecule has 39 heavy (non-hydrogen) atoms. The topological polar surface area (TPSA) is 0 Å². The van der Waals surface area contributed by atoms with Gasteiger partial charge in [0.25, 0.3) is 0 Å². The quantitative estimate of drug-likeness (QED) is 0.168. The smallest absolute Gasteiger partial charge is 0.0795 e. The summed E-state index contributed by atoms with van der Waals surface area (Å²) in [4.78, 5) is 10.6. The first-order chi connectivity index (χ1) is 19.4. The highest BCUT2D eigenvalue weighted by Gasteiger charge is 2.34. The minimum absolute atomic E-state index is 0.208. The SMILES string of the molecule is c1ccc([S+](c2ccccc2)c2ccccc2Sc2ccccc2[S+](c2ccccc2)c2ccccc2)cc1. The second-order valence-corrected chi connectivity index (χ2v) is 13.9.